The monoisotopic (exact) mass is 1040 g/mol. The van der Waals surface area contributed by atoms with Crippen molar-refractivity contribution in [3.8, 4) is 39.1 Å². The van der Waals surface area contributed by atoms with Gasteiger partial charge in [0.25, 0.3) is 0 Å². The lowest BCUT2D eigenvalue weighted by atomic mass is 9.90. The van der Waals surface area contributed by atoms with Gasteiger partial charge in [0, 0.05) is 44.0 Å². The van der Waals surface area contributed by atoms with Gasteiger partial charge in [0.2, 0.25) is 0 Å². The Morgan fingerprint density at radius 3 is 1.34 bits per heavy atom. The highest BCUT2D eigenvalue weighted by atomic mass is 16.3. The van der Waals surface area contributed by atoms with Gasteiger partial charge in [0.1, 0.15) is 11.3 Å². The molecule has 0 atom stereocenters. The Hall–Kier alpha value is -9.12. The van der Waals surface area contributed by atoms with Crippen LogP contribution in [0.5, 0.6) is 5.75 Å². The Morgan fingerprint density at radius 2 is 0.762 bits per heavy atom. The van der Waals surface area contributed by atoms with Crippen molar-refractivity contribution in [3.05, 3.63) is 247 Å². The summed E-state index contributed by atoms with van der Waals surface area (Å²) in [6.07, 6.45) is 0. The molecule has 0 spiro atoms. The van der Waals surface area contributed by atoms with Crippen LogP contribution in [-0.4, -0.2) is 5.11 Å². The third kappa shape index (κ3) is 8.53. The Labute approximate surface area is 470 Å². The Bertz CT molecular complexity index is 4450. The first kappa shape index (κ1) is 50.4. The number of phenols is 1. The predicted octanol–water partition coefficient (Wildman–Crippen LogP) is 22.6. The van der Waals surface area contributed by atoms with Crippen LogP contribution in [0, 0.1) is 0 Å². The molecule has 1 N–H and O–H groups in total. The molecule has 0 unspecified atom stereocenters. The third-order valence-corrected chi connectivity index (χ3v) is 16.7. The smallest absolute Gasteiger partial charge is 0.159 e. The van der Waals surface area contributed by atoms with Gasteiger partial charge in [-0.2, -0.15) is 0 Å². The highest BCUT2D eigenvalue weighted by Crippen LogP contribution is 2.52. The molecule has 0 saturated heterocycles. The van der Waals surface area contributed by atoms with Gasteiger partial charge < -0.3 is 19.3 Å². The maximum absolute atomic E-state index is 12.9. The van der Waals surface area contributed by atoms with E-state index in [1.54, 1.807) is 0 Å². The van der Waals surface area contributed by atoms with Crippen LogP contribution in [0.15, 0.2) is 229 Å². The van der Waals surface area contributed by atoms with Crippen LogP contribution in [0.4, 0.5) is 34.1 Å². The summed E-state index contributed by atoms with van der Waals surface area (Å²) in [5, 5.41) is 21.9. The highest BCUT2D eigenvalue weighted by molar-refractivity contribution is 6.28. The minimum atomic E-state index is 0.220. The molecule has 13 aromatic rings. The standard InChI is InChI=1S/C76H66N2O2/c1-46(2)50-29-37-56(38-30-50)77(70-27-15-23-61(74(70)79)55-18-13-17-54(45-55)60-21-11-9-19-58(60)48(5)6)68-43-35-52-34-42-67-69(44-36-53-33-41-66(68)72(52)73(53)67)78(57-39-31-51(32-40-57)47(3)4)71-28-16-26-65-64-25-14-24-63(75(64)80-76(65)71)62-22-12-10-20-59(62)49(7)8/h9-49,79H,1-8H3. The number of nitrogens with zero attached hydrogens (tertiary/aromatic N) is 2. The second-order valence-corrected chi connectivity index (χ2v) is 22.9. The first-order valence-electron chi connectivity index (χ1n) is 28.5. The van der Waals surface area contributed by atoms with E-state index in [9.17, 15) is 5.11 Å². The van der Waals surface area contributed by atoms with Gasteiger partial charge in [-0.25, -0.2) is 0 Å². The minimum absolute atomic E-state index is 0.220. The van der Waals surface area contributed by atoms with E-state index in [1.807, 2.05) is 6.07 Å². The molecule has 4 nitrogen and oxygen atoms in total. The maximum atomic E-state index is 12.9. The van der Waals surface area contributed by atoms with Crippen molar-refractivity contribution in [1.82, 2.24) is 0 Å². The fraction of sp³-hybridized carbons (Fsp3) is 0.158. The molecule has 80 heavy (non-hydrogen) atoms. The van der Waals surface area contributed by atoms with Crippen molar-refractivity contribution in [2.45, 2.75) is 79.1 Å². The van der Waals surface area contributed by atoms with E-state index in [-0.39, 0.29) is 5.75 Å². The first-order valence-corrected chi connectivity index (χ1v) is 28.5. The second kappa shape index (κ2) is 20.3. The molecule has 0 aliphatic heterocycles. The second-order valence-electron chi connectivity index (χ2n) is 22.9. The highest BCUT2D eigenvalue weighted by Gasteiger charge is 2.27. The van der Waals surface area contributed by atoms with Gasteiger partial charge in [-0.15, -0.1) is 0 Å². The largest absolute Gasteiger partial charge is 0.505 e. The molecular formula is C76H66N2O2. The molecule has 1 aromatic heterocycles. The van der Waals surface area contributed by atoms with Crippen LogP contribution in [0.3, 0.4) is 0 Å². The summed E-state index contributed by atoms with van der Waals surface area (Å²) in [4.78, 5) is 4.66. The number of furan rings is 1. The number of hydrogen-bond donors (Lipinski definition) is 1. The summed E-state index contributed by atoms with van der Waals surface area (Å²) < 4.78 is 7.28. The summed E-state index contributed by atoms with van der Waals surface area (Å²) in [6, 6.07) is 81.4. The normalized spacial score (nSPS) is 12.0. The molecule has 0 bridgehead atoms. The number of hydrogen-bond acceptors (Lipinski definition) is 4. The van der Waals surface area contributed by atoms with Crippen molar-refractivity contribution in [2.24, 2.45) is 0 Å². The van der Waals surface area contributed by atoms with Gasteiger partial charge in [0.15, 0.2) is 5.58 Å². The van der Waals surface area contributed by atoms with E-state index in [0.717, 1.165) is 94.2 Å². The quantitative estimate of drug-likeness (QED) is 0.117. The van der Waals surface area contributed by atoms with Crippen molar-refractivity contribution >= 4 is 88.4 Å². The van der Waals surface area contributed by atoms with Crippen LogP contribution in [-0.2, 0) is 0 Å². The summed E-state index contributed by atoms with van der Waals surface area (Å²) in [5.74, 6) is 1.68. The minimum Gasteiger partial charge on any atom is -0.505 e. The molecule has 12 aromatic carbocycles. The number of rotatable bonds is 13. The van der Waals surface area contributed by atoms with E-state index in [2.05, 4.69) is 284 Å². The number of fused-ring (bicyclic) bond motifs is 3. The Morgan fingerprint density at radius 1 is 0.325 bits per heavy atom. The van der Waals surface area contributed by atoms with E-state index in [4.69, 9.17) is 4.42 Å². The molecule has 13 rings (SSSR count). The average Bonchev–Trinajstić information content (AvgIpc) is 3.89. The molecule has 0 saturated carbocycles. The Balaban J connectivity index is 1.02. The number of anilines is 6. The summed E-state index contributed by atoms with van der Waals surface area (Å²) >= 11 is 0. The number of phenolic OH excluding ortho intramolecular Hbond substituents is 1. The first-order chi connectivity index (χ1) is 38.9. The molecule has 0 radical (unpaired) electrons. The van der Waals surface area contributed by atoms with Gasteiger partial charge in [-0.05, 0) is 144 Å². The molecule has 0 fully saturated rings. The molecule has 0 aliphatic carbocycles. The van der Waals surface area contributed by atoms with Crippen molar-refractivity contribution < 1.29 is 9.52 Å². The van der Waals surface area contributed by atoms with E-state index < -0.39 is 0 Å². The summed E-state index contributed by atoms with van der Waals surface area (Å²) in [6.45, 7) is 18.0. The van der Waals surface area contributed by atoms with Gasteiger partial charge in [-0.3, -0.25) is 0 Å². The van der Waals surface area contributed by atoms with Crippen LogP contribution in [0.2, 0.25) is 0 Å². The summed E-state index contributed by atoms with van der Waals surface area (Å²) in [5.41, 5.74) is 18.9. The lowest BCUT2D eigenvalue weighted by Crippen LogP contribution is -2.12. The SMILES string of the molecule is CC(C)c1ccc(N(c2cccc(-c3cccc(-c4ccccc4C(C)C)c3)c2O)c2ccc3ccc4c(N(c5ccc(C(C)C)cc5)c5cccc6c5oc5c(-c7ccccc7C(C)C)cccc56)ccc5ccc2c3c54)cc1. The zero-order valence-electron chi connectivity index (χ0n) is 46.9. The van der Waals surface area contributed by atoms with Crippen molar-refractivity contribution in [3.63, 3.8) is 0 Å². The zero-order chi connectivity index (χ0) is 54.9. The molecule has 4 heteroatoms. The summed E-state index contributed by atoms with van der Waals surface area (Å²) in [7, 11) is 0. The van der Waals surface area contributed by atoms with E-state index >= 15 is 0 Å². The molecule has 392 valence electrons. The van der Waals surface area contributed by atoms with Gasteiger partial charge in [-0.1, -0.05) is 225 Å². The van der Waals surface area contributed by atoms with Crippen molar-refractivity contribution in [1.29, 1.82) is 0 Å². The fourth-order valence-electron chi connectivity index (χ4n) is 12.5. The van der Waals surface area contributed by atoms with E-state index in [1.165, 1.54) is 44.2 Å². The van der Waals surface area contributed by atoms with Gasteiger partial charge >= 0.3 is 0 Å². The maximum Gasteiger partial charge on any atom is 0.159 e. The van der Waals surface area contributed by atoms with E-state index in [0.29, 0.717) is 29.4 Å². The third-order valence-electron chi connectivity index (χ3n) is 16.7. The number of para-hydroxylation sites is 3. The molecular weight excluding hydrogens is 973 g/mol. The van der Waals surface area contributed by atoms with Crippen LogP contribution >= 0.6 is 0 Å². The Kier molecular flexibility index (Phi) is 12.8. The van der Waals surface area contributed by atoms with Crippen LogP contribution < -0.4 is 9.80 Å². The molecule has 1 heterocycles. The number of benzene rings is 12. The number of aromatic hydroxyl groups is 1. The van der Waals surface area contributed by atoms with Gasteiger partial charge in [0.05, 0.1) is 22.7 Å². The lowest BCUT2D eigenvalue weighted by Gasteiger charge is -2.30. The van der Waals surface area contributed by atoms with Crippen LogP contribution in [0.1, 0.15) is 101 Å². The van der Waals surface area contributed by atoms with Crippen molar-refractivity contribution in [2.75, 3.05) is 9.80 Å². The predicted molar refractivity (Wildman–Crippen MR) is 341 cm³/mol. The molecule has 0 aliphatic rings. The van der Waals surface area contributed by atoms with Crippen LogP contribution in [0.25, 0.3) is 87.6 Å². The lowest BCUT2D eigenvalue weighted by molar-refractivity contribution is 0.478. The zero-order valence-corrected chi connectivity index (χ0v) is 46.9. The molecule has 0 amide bonds. The topological polar surface area (TPSA) is 39.9 Å². The fourth-order valence-corrected chi connectivity index (χ4v) is 12.5. The average molecular weight is 1040 g/mol.